The lowest BCUT2D eigenvalue weighted by atomic mass is 10.2. The molecule has 0 aromatic carbocycles. The van der Waals surface area contributed by atoms with Crippen molar-refractivity contribution >= 4 is 10.8 Å². The number of tetrazole rings is 1. The normalized spacial score (nSPS) is 14.9. The number of aromatic nitrogens is 4. The molecule has 1 N–H and O–H groups in total. The van der Waals surface area contributed by atoms with Crippen LogP contribution in [0.3, 0.4) is 0 Å². The molecule has 1 aromatic heterocycles. The van der Waals surface area contributed by atoms with Gasteiger partial charge in [0.15, 0.2) is 5.82 Å². The van der Waals surface area contributed by atoms with Gasteiger partial charge in [-0.3, -0.25) is 4.21 Å². The van der Waals surface area contributed by atoms with Crippen molar-refractivity contribution in [1.29, 1.82) is 0 Å². The molecule has 0 fully saturated rings. The topological polar surface area (TPSA) is 72.7 Å². The summed E-state index contributed by atoms with van der Waals surface area (Å²) in [7, 11) is -0.788. The summed E-state index contributed by atoms with van der Waals surface area (Å²) in [6, 6.07) is 0. The summed E-state index contributed by atoms with van der Waals surface area (Å²) in [4.78, 5) is 0. The molecule has 1 aromatic rings. The summed E-state index contributed by atoms with van der Waals surface area (Å²) in [6.07, 6.45) is 2.56. The maximum atomic E-state index is 11.3. The van der Waals surface area contributed by atoms with Gasteiger partial charge in [0.25, 0.3) is 0 Å². The Bertz CT molecular complexity index is 379. The highest BCUT2D eigenvalue weighted by Crippen LogP contribution is 2.03. The first-order valence-electron chi connectivity index (χ1n) is 6.28. The molecule has 0 aliphatic heterocycles. The number of rotatable bonds is 8. The smallest absolute Gasteiger partial charge is 0.165 e. The Hall–Kier alpha value is -0.820. The van der Waals surface area contributed by atoms with E-state index >= 15 is 0 Å². The van der Waals surface area contributed by atoms with Crippen LogP contribution in [0.4, 0.5) is 0 Å². The average Bonchev–Trinajstić information content (AvgIpc) is 2.73. The second-order valence-corrected chi connectivity index (χ2v) is 6.74. The van der Waals surface area contributed by atoms with Gasteiger partial charge >= 0.3 is 0 Å². The molecule has 0 aliphatic rings. The molecule has 2 unspecified atom stereocenters. The molecule has 7 heteroatoms. The predicted octanol–water partition coefficient (Wildman–Crippen LogP) is 0.576. The number of aryl methyl sites for hydroxylation is 1. The summed E-state index contributed by atoms with van der Waals surface area (Å²) in [5.74, 6) is 1.45. The fourth-order valence-corrected chi connectivity index (χ4v) is 1.90. The summed E-state index contributed by atoms with van der Waals surface area (Å²) in [5.41, 5.74) is 0. The third-order valence-electron chi connectivity index (χ3n) is 2.76. The van der Waals surface area contributed by atoms with E-state index in [1.165, 1.54) is 0 Å². The van der Waals surface area contributed by atoms with Gasteiger partial charge in [-0.25, -0.2) is 4.68 Å². The molecule has 0 radical (unpaired) electrons. The van der Waals surface area contributed by atoms with Crippen LogP contribution in [0.5, 0.6) is 0 Å². The van der Waals surface area contributed by atoms with Crippen molar-refractivity contribution in [3.8, 4) is 0 Å². The van der Waals surface area contributed by atoms with Crippen molar-refractivity contribution in [3.63, 3.8) is 0 Å². The van der Waals surface area contributed by atoms with E-state index in [-0.39, 0.29) is 5.25 Å². The zero-order valence-electron chi connectivity index (χ0n) is 11.6. The second kappa shape index (κ2) is 7.58. The van der Waals surface area contributed by atoms with Gasteiger partial charge in [0.1, 0.15) is 0 Å². The number of nitrogens with zero attached hydrogens (tertiary/aromatic N) is 4. The minimum atomic E-state index is -0.788. The Morgan fingerprint density at radius 2 is 2.11 bits per heavy atom. The molecule has 18 heavy (non-hydrogen) atoms. The minimum absolute atomic E-state index is 0.172. The van der Waals surface area contributed by atoms with E-state index in [0.29, 0.717) is 19.0 Å². The summed E-state index contributed by atoms with van der Waals surface area (Å²) < 4.78 is 13.1. The Labute approximate surface area is 111 Å². The average molecular weight is 273 g/mol. The van der Waals surface area contributed by atoms with Crippen LogP contribution in [0.1, 0.15) is 33.0 Å². The molecule has 0 saturated carbocycles. The third-order valence-corrected chi connectivity index (χ3v) is 4.12. The highest BCUT2D eigenvalue weighted by molar-refractivity contribution is 7.84. The van der Waals surface area contributed by atoms with E-state index in [2.05, 4.69) is 34.7 Å². The number of nitrogens with one attached hydrogen (secondary N) is 1. The van der Waals surface area contributed by atoms with E-state index in [0.717, 1.165) is 18.8 Å². The van der Waals surface area contributed by atoms with Gasteiger partial charge in [-0.1, -0.05) is 20.8 Å². The zero-order chi connectivity index (χ0) is 13.5. The third kappa shape index (κ3) is 5.22. The van der Waals surface area contributed by atoms with Crippen molar-refractivity contribution in [2.45, 2.75) is 45.5 Å². The fourth-order valence-electron chi connectivity index (χ4n) is 1.47. The monoisotopic (exact) mass is 273 g/mol. The second-order valence-electron chi connectivity index (χ2n) is 4.94. The molecular formula is C11H23N5OS. The first kappa shape index (κ1) is 15.2. The Kier molecular flexibility index (Phi) is 6.42. The minimum Gasteiger partial charge on any atom is -0.310 e. The lowest BCUT2D eigenvalue weighted by molar-refractivity contribution is 0.497. The molecule has 1 heterocycles. The SMILES string of the molecule is CC(C)CNCc1nnnn1CCC(C)S(C)=O. The molecule has 104 valence electrons. The maximum Gasteiger partial charge on any atom is 0.165 e. The van der Waals surface area contributed by atoms with Gasteiger partial charge in [0, 0.05) is 28.9 Å². The van der Waals surface area contributed by atoms with E-state index in [1.54, 1.807) is 10.9 Å². The van der Waals surface area contributed by atoms with Crippen molar-refractivity contribution in [2.24, 2.45) is 5.92 Å². The molecule has 0 spiro atoms. The van der Waals surface area contributed by atoms with Gasteiger partial charge in [0.2, 0.25) is 0 Å². The summed E-state index contributed by atoms with van der Waals surface area (Å²) in [5, 5.41) is 15.1. The zero-order valence-corrected chi connectivity index (χ0v) is 12.4. The molecule has 0 saturated heterocycles. The molecule has 6 nitrogen and oxygen atoms in total. The number of hydrogen-bond donors (Lipinski definition) is 1. The maximum absolute atomic E-state index is 11.3. The van der Waals surface area contributed by atoms with Crippen molar-refractivity contribution in [2.75, 3.05) is 12.8 Å². The van der Waals surface area contributed by atoms with Crippen LogP contribution >= 0.6 is 0 Å². The Morgan fingerprint density at radius 1 is 1.39 bits per heavy atom. The summed E-state index contributed by atoms with van der Waals surface area (Å²) in [6.45, 7) is 8.64. The molecule has 2 atom stereocenters. The van der Waals surface area contributed by atoms with Crippen molar-refractivity contribution in [3.05, 3.63) is 5.82 Å². The predicted molar refractivity (Wildman–Crippen MR) is 72.5 cm³/mol. The van der Waals surface area contributed by atoms with Crippen LogP contribution in [0.25, 0.3) is 0 Å². The van der Waals surface area contributed by atoms with Crippen LogP contribution in [-0.2, 0) is 23.9 Å². The van der Waals surface area contributed by atoms with Crippen LogP contribution in [0, 0.1) is 5.92 Å². The van der Waals surface area contributed by atoms with E-state index < -0.39 is 10.8 Å². The number of hydrogen-bond acceptors (Lipinski definition) is 5. The summed E-state index contributed by atoms with van der Waals surface area (Å²) >= 11 is 0. The van der Waals surface area contributed by atoms with E-state index in [1.807, 2.05) is 6.92 Å². The molecular weight excluding hydrogens is 250 g/mol. The molecule has 0 amide bonds. The highest BCUT2D eigenvalue weighted by Gasteiger charge is 2.10. The van der Waals surface area contributed by atoms with E-state index in [9.17, 15) is 4.21 Å². The van der Waals surface area contributed by atoms with Gasteiger partial charge in [-0.15, -0.1) is 5.10 Å². The lowest BCUT2D eigenvalue weighted by Gasteiger charge is -2.10. The first-order chi connectivity index (χ1) is 8.50. The van der Waals surface area contributed by atoms with Crippen LogP contribution in [0.15, 0.2) is 0 Å². The molecule has 0 bridgehead atoms. The fraction of sp³-hybridized carbons (Fsp3) is 0.909. The lowest BCUT2D eigenvalue weighted by Crippen LogP contribution is -2.22. The van der Waals surface area contributed by atoms with Crippen LogP contribution < -0.4 is 5.32 Å². The standard InChI is InChI=1S/C11H23N5OS/c1-9(2)7-12-8-11-13-14-15-16(11)6-5-10(3)18(4)17/h9-10,12H,5-8H2,1-4H3. The Balaban J connectivity index is 2.42. The van der Waals surface area contributed by atoms with Gasteiger partial charge < -0.3 is 5.32 Å². The molecule has 0 aliphatic carbocycles. The largest absolute Gasteiger partial charge is 0.310 e. The van der Waals surface area contributed by atoms with Gasteiger partial charge in [0.05, 0.1) is 6.54 Å². The van der Waals surface area contributed by atoms with Crippen molar-refractivity contribution in [1.82, 2.24) is 25.5 Å². The van der Waals surface area contributed by atoms with Crippen LogP contribution in [0.2, 0.25) is 0 Å². The van der Waals surface area contributed by atoms with Crippen LogP contribution in [-0.4, -0.2) is 42.5 Å². The Morgan fingerprint density at radius 3 is 2.72 bits per heavy atom. The quantitative estimate of drug-likeness (QED) is 0.750. The first-order valence-corrected chi connectivity index (χ1v) is 7.90. The van der Waals surface area contributed by atoms with E-state index in [4.69, 9.17) is 0 Å². The van der Waals surface area contributed by atoms with Gasteiger partial charge in [-0.05, 0) is 29.3 Å². The molecule has 1 rings (SSSR count). The van der Waals surface area contributed by atoms with Crippen molar-refractivity contribution < 1.29 is 4.21 Å². The van der Waals surface area contributed by atoms with Gasteiger partial charge in [-0.2, -0.15) is 0 Å². The highest BCUT2D eigenvalue weighted by atomic mass is 32.2.